The summed E-state index contributed by atoms with van der Waals surface area (Å²) in [5, 5.41) is 8.91. The fraction of sp³-hybridized carbons (Fsp3) is 0.545. The molecule has 0 unspecified atom stereocenters. The number of carbonyl (C=O) groups is 1. The number of fused-ring (bicyclic) bond motifs is 1. The molecule has 6 heteroatoms. The van der Waals surface area contributed by atoms with Crippen LogP contribution in [0, 0.1) is 0 Å². The lowest BCUT2D eigenvalue weighted by Crippen LogP contribution is -2.32. The summed E-state index contributed by atoms with van der Waals surface area (Å²) in [4.78, 5) is 21.1. The average molecular weight is 237 g/mol. The lowest BCUT2D eigenvalue weighted by atomic mass is 10.1. The minimum absolute atomic E-state index is 0.189. The van der Waals surface area contributed by atoms with Crippen molar-refractivity contribution in [3.8, 4) is 5.88 Å². The molecule has 0 radical (unpaired) electrons. The number of hydrogen-bond donors (Lipinski definition) is 1. The largest absolute Gasteiger partial charge is 0.481 e. The van der Waals surface area contributed by atoms with Crippen LogP contribution in [0.5, 0.6) is 5.88 Å². The van der Waals surface area contributed by atoms with Gasteiger partial charge in [-0.2, -0.15) is 4.98 Å². The molecule has 1 N–H and O–H groups in total. The Morgan fingerprint density at radius 2 is 2.29 bits per heavy atom. The first-order valence-corrected chi connectivity index (χ1v) is 5.55. The van der Waals surface area contributed by atoms with Gasteiger partial charge in [0.1, 0.15) is 0 Å². The van der Waals surface area contributed by atoms with E-state index in [-0.39, 0.29) is 5.82 Å². The summed E-state index contributed by atoms with van der Waals surface area (Å²) in [7, 11) is 1.50. The number of ether oxygens (including phenoxy) is 1. The van der Waals surface area contributed by atoms with E-state index in [0.717, 1.165) is 37.3 Å². The van der Waals surface area contributed by atoms with Crippen molar-refractivity contribution in [3.05, 3.63) is 17.1 Å². The van der Waals surface area contributed by atoms with Crippen molar-refractivity contribution >= 4 is 5.97 Å². The van der Waals surface area contributed by atoms with E-state index >= 15 is 0 Å². The predicted molar refractivity (Wildman–Crippen MR) is 60.2 cm³/mol. The highest BCUT2D eigenvalue weighted by molar-refractivity contribution is 5.83. The third-order valence-electron chi connectivity index (χ3n) is 2.93. The van der Waals surface area contributed by atoms with Crippen LogP contribution in [-0.4, -0.2) is 46.1 Å². The van der Waals surface area contributed by atoms with Gasteiger partial charge in [0.2, 0.25) is 11.7 Å². The van der Waals surface area contributed by atoms with Crippen LogP contribution < -0.4 is 4.74 Å². The number of methoxy groups -OCH3 is 1. The molecule has 1 aliphatic heterocycles. The van der Waals surface area contributed by atoms with E-state index in [1.165, 1.54) is 7.11 Å². The van der Waals surface area contributed by atoms with Crippen LogP contribution in [0.25, 0.3) is 0 Å². The zero-order chi connectivity index (χ0) is 12.4. The fourth-order valence-electron chi connectivity index (χ4n) is 1.97. The SMILES string of the molecule is CCN1CCc2nc(C(=O)O)nc(OC)c2C1. The summed E-state index contributed by atoms with van der Waals surface area (Å²) in [5.41, 5.74) is 1.70. The van der Waals surface area contributed by atoms with Gasteiger partial charge in [0, 0.05) is 25.1 Å². The number of carboxylic acid groups (broad SMARTS) is 1. The zero-order valence-electron chi connectivity index (χ0n) is 9.93. The van der Waals surface area contributed by atoms with E-state index in [1.807, 2.05) is 0 Å². The van der Waals surface area contributed by atoms with Crippen molar-refractivity contribution in [1.29, 1.82) is 0 Å². The van der Waals surface area contributed by atoms with Gasteiger partial charge in [0.15, 0.2) is 0 Å². The third kappa shape index (κ3) is 2.21. The van der Waals surface area contributed by atoms with E-state index < -0.39 is 5.97 Å². The molecule has 2 rings (SSSR count). The van der Waals surface area contributed by atoms with Gasteiger partial charge in [-0.1, -0.05) is 6.92 Å². The molecule has 0 atom stereocenters. The minimum atomic E-state index is -1.12. The van der Waals surface area contributed by atoms with Crippen LogP contribution in [0.3, 0.4) is 0 Å². The average Bonchev–Trinajstić information content (AvgIpc) is 2.36. The number of aromatic nitrogens is 2. The Bertz CT molecular complexity index is 431. The van der Waals surface area contributed by atoms with Crippen molar-refractivity contribution in [3.63, 3.8) is 0 Å². The Morgan fingerprint density at radius 3 is 2.88 bits per heavy atom. The summed E-state index contributed by atoms with van der Waals surface area (Å²) in [5.74, 6) is -0.930. The molecular weight excluding hydrogens is 222 g/mol. The van der Waals surface area contributed by atoms with Crippen molar-refractivity contribution in [1.82, 2.24) is 14.9 Å². The quantitative estimate of drug-likeness (QED) is 0.828. The molecule has 0 saturated heterocycles. The van der Waals surface area contributed by atoms with E-state index in [9.17, 15) is 4.79 Å². The van der Waals surface area contributed by atoms with E-state index in [2.05, 4.69) is 21.8 Å². The van der Waals surface area contributed by atoms with Gasteiger partial charge in [-0.3, -0.25) is 4.90 Å². The maximum Gasteiger partial charge on any atom is 0.374 e. The Balaban J connectivity index is 2.44. The Morgan fingerprint density at radius 1 is 1.53 bits per heavy atom. The topological polar surface area (TPSA) is 75.6 Å². The normalized spacial score (nSPS) is 15.4. The molecule has 0 aromatic carbocycles. The molecule has 0 spiro atoms. The lowest BCUT2D eigenvalue weighted by molar-refractivity contribution is 0.0681. The van der Waals surface area contributed by atoms with Gasteiger partial charge in [-0.05, 0) is 6.54 Å². The van der Waals surface area contributed by atoms with Gasteiger partial charge >= 0.3 is 5.97 Å². The second kappa shape index (κ2) is 4.67. The van der Waals surface area contributed by atoms with Crippen LogP contribution in [0.4, 0.5) is 0 Å². The van der Waals surface area contributed by atoms with E-state index in [4.69, 9.17) is 9.84 Å². The molecule has 2 heterocycles. The van der Waals surface area contributed by atoms with Crippen molar-refractivity contribution < 1.29 is 14.6 Å². The van der Waals surface area contributed by atoms with Crippen molar-refractivity contribution in [2.45, 2.75) is 19.9 Å². The van der Waals surface area contributed by atoms with Crippen LogP contribution in [0.1, 0.15) is 28.8 Å². The Hall–Kier alpha value is -1.69. The Labute approximate surface area is 99.2 Å². The standard InChI is InChI=1S/C11H15N3O3/c1-3-14-5-4-8-7(6-14)10(17-2)13-9(12-8)11(15)16/h3-6H2,1-2H3,(H,15,16). The summed E-state index contributed by atoms with van der Waals surface area (Å²) in [6, 6.07) is 0. The summed E-state index contributed by atoms with van der Waals surface area (Å²) < 4.78 is 5.16. The molecular formula is C11H15N3O3. The first-order chi connectivity index (χ1) is 8.15. The van der Waals surface area contributed by atoms with Gasteiger partial charge in [0.25, 0.3) is 0 Å². The zero-order valence-corrected chi connectivity index (χ0v) is 9.93. The van der Waals surface area contributed by atoms with Gasteiger partial charge in [-0.25, -0.2) is 9.78 Å². The first kappa shape index (κ1) is 11.8. The molecule has 0 fully saturated rings. The van der Waals surface area contributed by atoms with Gasteiger partial charge in [0.05, 0.1) is 12.8 Å². The predicted octanol–water partition coefficient (Wildman–Crippen LogP) is 0.561. The molecule has 1 aliphatic rings. The van der Waals surface area contributed by atoms with Crippen molar-refractivity contribution in [2.24, 2.45) is 0 Å². The molecule has 17 heavy (non-hydrogen) atoms. The molecule has 1 aromatic rings. The minimum Gasteiger partial charge on any atom is -0.481 e. The highest BCUT2D eigenvalue weighted by Crippen LogP contribution is 2.25. The summed E-state index contributed by atoms with van der Waals surface area (Å²) in [6.45, 7) is 4.64. The van der Waals surface area contributed by atoms with E-state index in [1.54, 1.807) is 0 Å². The highest BCUT2D eigenvalue weighted by Gasteiger charge is 2.23. The van der Waals surface area contributed by atoms with Crippen molar-refractivity contribution in [2.75, 3.05) is 20.2 Å². The number of carboxylic acids is 1. The molecule has 6 nitrogen and oxygen atoms in total. The molecule has 0 bridgehead atoms. The maximum absolute atomic E-state index is 10.9. The van der Waals surface area contributed by atoms with Crippen LogP contribution in [-0.2, 0) is 13.0 Å². The lowest BCUT2D eigenvalue weighted by Gasteiger charge is -2.27. The maximum atomic E-state index is 10.9. The van der Waals surface area contributed by atoms with E-state index in [0.29, 0.717) is 5.88 Å². The fourth-order valence-corrected chi connectivity index (χ4v) is 1.97. The Kier molecular flexibility index (Phi) is 3.23. The first-order valence-electron chi connectivity index (χ1n) is 5.55. The third-order valence-corrected chi connectivity index (χ3v) is 2.93. The number of aromatic carboxylic acids is 1. The monoisotopic (exact) mass is 237 g/mol. The van der Waals surface area contributed by atoms with Gasteiger partial charge < -0.3 is 9.84 Å². The smallest absolute Gasteiger partial charge is 0.374 e. The molecule has 92 valence electrons. The number of rotatable bonds is 3. The van der Waals surface area contributed by atoms with Crippen LogP contribution >= 0.6 is 0 Å². The highest BCUT2D eigenvalue weighted by atomic mass is 16.5. The van der Waals surface area contributed by atoms with Crippen LogP contribution in [0.2, 0.25) is 0 Å². The molecule has 0 amide bonds. The van der Waals surface area contributed by atoms with Gasteiger partial charge in [-0.15, -0.1) is 0 Å². The number of hydrogen-bond acceptors (Lipinski definition) is 5. The number of nitrogens with zero attached hydrogens (tertiary/aromatic N) is 3. The summed E-state index contributed by atoms with van der Waals surface area (Å²) >= 11 is 0. The molecule has 0 saturated carbocycles. The summed E-state index contributed by atoms with van der Waals surface area (Å²) in [6.07, 6.45) is 0.738. The van der Waals surface area contributed by atoms with Crippen LogP contribution in [0.15, 0.2) is 0 Å². The second-order valence-corrected chi connectivity index (χ2v) is 3.91. The number of likely N-dealkylation sites (N-methyl/N-ethyl adjacent to an activating group) is 1. The molecule has 1 aromatic heterocycles. The second-order valence-electron chi connectivity index (χ2n) is 3.91. The molecule has 0 aliphatic carbocycles.